The second kappa shape index (κ2) is 10.1. The predicted octanol–water partition coefficient (Wildman–Crippen LogP) is 2.52. The molecule has 4 rings (SSSR count). The number of fused-ring (bicyclic) bond motifs is 1. The van der Waals surface area contributed by atoms with Crippen molar-refractivity contribution >= 4 is 23.8 Å². The molecule has 2 aliphatic heterocycles. The Bertz CT molecular complexity index is 1030. The Balaban J connectivity index is 1.38. The molecule has 8 heteroatoms. The highest BCUT2D eigenvalue weighted by Gasteiger charge is 2.25. The molecular formula is C25H31N5O3. The molecule has 2 aromatic rings. The minimum absolute atomic E-state index is 0.0134. The summed E-state index contributed by atoms with van der Waals surface area (Å²) >= 11 is 0. The number of anilines is 1. The van der Waals surface area contributed by atoms with Gasteiger partial charge in [-0.05, 0) is 61.3 Å². The molecule has 0 saturated carbocycles. The molecule has 2 N–H and O–H groups in total. The van der Waals surface area contributed by atoms with Gasteiger partial charge in [0.15, 0.2) is 0 Å². The molecule has 0 spiro atoms. The van der Waals surface area contributed by atoms with Gasteiger partial charge >= 0.3 is 5.97 Å². The molecule has 1 unspecified atom stereocenters. The van der Waals surface area contributed by atoms with Gasteiger partial charge in [-0.2, -0.15) is 5.10 Å². The number of likely N-dealkylation sites (N-methyl/N-ethyl adjacent to an activating group) is 1. The average molecular weight is 450 g/mol. The summed E-state index contributed by atoms with van der Waals surface area (Å²) in [5, 5.41) is 18.7. The van der Waals surface area contributed by atoms with Crippen molar-refractivity contribution in [3.63, 3.8) is 0 Å². The molecule has 174 valence electrons. The normalized spacial score (nSPS) is 19.5. The monoisotopic (exact) mass is 449 g/mol. The number of hydrogen-bond acceptors (Lipinski definition) is 6. The molecule has 0 bridgehead atoms. The summed E-state index contributed by atoms with van der Waals surface area (Å²) in [6, 6.07) is 13.3. The number of carbonyl (C=O) groups is 2. The van der Waals surface area contributed by atoms with Crippen LogP contribution >= 0.6 is 0 Å². The van der Waals surface area contributed by atoms with Crippen LogP contribution in [0, 0.1) is 0 Å². The molecule has 1 saturated heterocycles. The lowest BCUT2D eigenvalue weighted by molar-refractivity contribution is -0.139. The van der Waals surface area contributed by atoms with E-state index in [1.165, 1.54) is 5.56 Å². The average Bonchev–Trinajstić information content (AvgIpc) is 2.81. The third-order valence-corrected chi connectivity index (χ3v) is 6.43. The Hall–Kier alpha value is -3.23. The maximum atomic E-state index is 12.8. The van der Waals surface area contributed by atoms with Crippen molar-refractivity contribution in [2.75, 3.05) is 51.6 Å². The van der Waals surface area contributed by atoms with Crippen molar-refractivity contribution < 1.29 is 14.7 Å². The molecule has 1 atom stereocenters. The number of carboxylic acids is 1. The quantitative estimate of drug-likeness (QED) is 0.659. The molecule has 0 aliphatic carbocycles. The van der Waals surface area contributed by atoms with Crippen molar-refractivity contribution in [1.29, 1.82) is 0 Å². The lowest BCUT2D eigenvalue weighted by Gasteiger charge is -2.34. The lowest BCUT2D eigenvalue weighted by Crippen LogP contribution is -2.41. The molecule has 0 radical (unpaired) electrons. The van der Waals surface area contributed by atoms with Crippen molar-refractivity contribution in [1.82, 2.24) is 14.8 Å². The topological polar surface area (TPSA) is 88.5 Å². The van der Waals surface area contributed by atoms with E-state index >= 15 is 0 Å². The number of piperazine rings is 1. The zero-order valence-corrected chi connectivity index (χ0v) is 19.2. The largest absolute Gasteiger partial charge is 0.480 e. The van der Waals surface area contributed by atoms with Gasteiger partial charge in [0.2, 0.25) is 0 Å². The van der Waals surface area contributed by atoms with E-state index < -0.39 is 5.97 Å². The number of aliphatic carboxylic acids is 1. The van der Waals surface area contributed by atoms with Crippen LogP contribution in [-0.4, -0.2) is 84.3 Å². The summed E-state index contributed by atoms with van der Waals surface area (Å²) in [5.74, 6) is -1.00. The molecule has 1 fully saturated rings. The molecule has 33 heavy (non-hydrogen) atoms. The summed E-state index contributed by atoms with van der Waals surface area (Å²) in [6.45, 7) is 6.60. The first-order valence-corrected chi connectivity index (χ1v) is 11.4. The summed E-state index contributed by atoms with van der Waals surface area (Å²) in [6.07, 6.45) is 2.64. The molecule has 0 aromatic heterocycles. The highest BCUT2D eigenvalue weighted by atomic mass is 16.4. The zero-order chi connectivity index (χ0) is 23.4. The van der Waals surface area contributed by atoms with E-state index in [9.17, 15) is 9.59 Å². The maximum absolute atomic E-state index is 12.8. The van der Waals surface area contributed by atoms with Gasteiger partial charge in [0.05, 0.1) is 12.8 Å². The Kier molecular flexibility index (Phi) is 7.05. The first kappa shape index (κ1) is 22.9. The number of amides is 1. The van der Waals surface area contributed by atoms with Crippen LogP contribution in [-0.2, 0) is 11.2 Å². The third kappa shape index (κ3) is 5.77. The van der Waals surface area contributed by atoms with Crippen LogP contribution in [0.5, 0.6) is 0 Å². The highest BCUT2D eigenvalue weighted by Crippen LogP contribution is 2.31. The summed E-state index contributed by atoms with van der Waals surface area (Å²) in [4.78, 5) is 28.1. The van der Waals surface area contributed by atoms with Crippen molar-refractivity contribution in [2.24, 2.45) is 5.10 Å². The third-order valence-electron chi connectivity index (χ3n) is 6.43. The minimum atomic E-state index is -0.827. The zero-order valence-electron chi connectivity index (χ0n) is 19.2. The summed E-state index contributed by atoms with van der Waals surface area (Å²) in [7, 11) is 2.11. The van der Waals surface area contributed by atoms with Crippen LogP contribution < -0.4 is 5.32 Å². The van der Waals surface area contributed by atoms with Crippen LogP contribution in [0.25, 0.3) is 0 Å². The SMILES string of the molecule is CC1c2cc(NC(=O)c3ccc(C=NN4CCN(C)CC4)cc3)ccc2CCN1CC(=O)O. The number of hydrazone groups is 1. The standard InChI is InChI=1S/C25H31N5O3/c1-18-23-15-22(8-7-20(23)9-10-29(18)17-24(31)32)27-25(33)21-5-3-19(4-6-21)16-26-30-13-11-28(2)12-14-30/h3-8,15-16,18H,9-14,17H2,1-2H3,(H,27,33)(H,31,32). The fourth-order valence-corrected chi connectivity index (χ4v) is 4.32. The number of rotatable bonds is 6. The Morgan fingerprint density at radius 3 is 2.52 bits per heavy atom. The number of carboxylic acid groups (broad SMARTS) is 1. The Morgan fingerprint density at radius 2 is 1.82 bits per heavy atom. The second-order valence-corrected chi connectivity index (χ2v) is 8.78. The van der Waals surface area contributed by atoms with Crippen molar-refractivity contribution in [2.45, 2.75) is 19.4 Å². The summed E-state index contributed by atoms with van der Waals surface area (Å²) < 4.78 is 0. The first-order chi connectivity index (χ1) is 15.9. The Labute approximate surface area is 194 Å². The molecule has 2 aromatic carbocycles. The van der Waals surface area contributed by atoms with E-state index in [1.54, 1.807) is 12.1 Å². The summed E-state index contributed by atoms with van der Waals surface area (Å²) in [5.41, 5.74) is 4.50. The van der Waals surface area contributed by atoms with Crippen molar-refractivity contribution in [3.05, 3.63) is 64.7 Å². The van der Waals surface area contributed by atoms with Crippen LogP contribution in [0.1, 0.15) is 40.0 Å². The van der Waals surface area contributed by atoms with E-state index in [-0.39, 0.29) is 18.5 Å². The van der Waals surface area contributed by atoms with Gasteiger partial charge in [0.25, 0.3) is 5.91 Å². The van der Waals surface area contributed by atoms with Gasteiger partial charge in [0, 0.05) is 50.0 Å². The fourth-order valence-electron chi connectivity index (χ4n) is 4.32. The maximum Gasteiger partial charge on any atom is 0.317 e. The van der Waals surface area contributed by atoms with E-state index in [4.69, 9.17) is 5.11 Å². The predicted molar refractivity (Wildman–Crippen MR) is 129 cm³/mol. The second-order valence-electron chi connectivity index (χ2n) is 8.78. The van der Waals surface area contributed by atoms with E-state index in [0.717, 1.165) is 50.3 Å². The fraction of sp³-hybridized carbons (Fsp3) is 0.400. The van der Waals surface area contributed by atoms with E-state index in [0.29, 0.717) is 11.3 Å². The molecular weight excluding hydrogens is 418 g/mol. The van der Waals surface area contributed by atoms with Gasteiger partial charge < -0.3 is 15.3 Å². The highest BCUT2D eigenvalue weighted by molar-refractivity contribution is 6.04. The van der Waals surface area contributed by atoms with Crippen LogP contribution in [0.3, 0.4) is 0 Å². The molecule has 2 aliphatic rings. The van der Waals surface area contributed by atoms with Gasteiger partial charge in [-0.1, -0.05) is 18.2 Å². The number of hydrogen-bond donors (Lipinski definition) is 2. The van der Waals surface area contributed by atoms with Gasteiger partial charge in [-0.15, -0.1) is 0 Å². The van der Waals surface area contributed by atoms with Crippen LogP contribution in [0.4, 0.5) is 5.69 Å². The van der Waals surface area contributed by atoms with Crippen LogP contribution in [0.2, 0.25) is 0 Å². The number of nitrogens with zero attached hydrogens (tertiary/aromatic N) is 4. The van der Waals surface area contributed by atoms with Gasteiger partial charge in [-0.3, -0.25) is 19.5 Å². The van der Waals surface area contributed by atoms with Gasteiger partial charge in [-0.25, -0.2) is 0 Å². The first-order valence-electron chi connectivity index (χ1n) is 11.4. The molecule has 2 heterocycles. The smallest absolute Gasteiger partial charge is 0.317 e. The van der Waals surface area contributed by atoms with Crippen molar-refractivity contribution in [3.8, 4) is 0 Å². The van der Waals surface area contributed by atoms with E-state index in [1.807, 2.05) is 48.4 Å². The number of benzene rings is 2. The Morgan fingerprint density at radius 1 is 1.09 bits per heavy atom. The van der Waals surface area contributed by atoms with Crippen LogP contribution in [0.15, 0.2) is 47.6 Å². The van der Waals surface area contributed by atoms with E-state index in [2.05, 4.69) is 27.4 Å². The number of nitrogens with one attached hydrogen (secondary N) is 1. The van der Waals surface area contributed by atoms with Gasteiger partial charge in [0.1, 0.15) is 0 Å². The lowest BCUT2D eigenvalue weighted by atomic mass is 9.93. The minimum Gasteiger partial charge on any atom is -0.480 e. The molecule has 1 amide bonds. The molecule has 8 nitrogen and oxygen atoms in total. The number of carbonyl (C=O) groups excluding carboxylic acids is 1.